The van der Waals surface area contributed by atoms with Crippen LogP contribution in [0.2, 0.25) is 0 Å². The summed E-state index contributed by atoms with van der Waals surface area (Å²) in [5.74, 6) is -0.924. The normalized spacial score (nSPS) is 16.7. The predicted molar refractivity (Wildman–Crippen MR) is 94.0 cm³/mol. The molecular weight excluding hydrogens is 338 g/mol. The fourth-order valence-corrected chi connectivity index (χ4v) is 4.42. The molecule has 0 saturated carbocycles. The highest BCUT2D eigenvalue weighted by Gasteiger charge is 2.42. The van der Waals surface area contributed by atoms with Crippen molar-refractivity contribution in [2.24, 2.45) is 0 Å². The summed E-state index contributed by atoms with van der Waals surface area (Å²) >= 11 is 0. The lowest BCUT2D eigenvalue weighted by atomic mass is 9.86. The maximum absolute atomic E-state index is 13.0. The van der Waals surface area contributed by atoms with Gasteiger partial charge in [0, 0.05) is 17.4 Å². The highest BCUT2D eigenvalue weighted by molar-refractivity contribution is 8.00. The van der Waals surface area contributed by atoms with E-state index in [2.05, 4.69) is 5.32 Å². The Kier molecular flexibility index (Phi) is 3.27. The molecule has 2 aromatic rings. The third-order valence-corrected chi connectivity index (χ3v) is 5.43. The molecule has 4 rings (SSSR count). The maximum atomic E-state index is 13.0. The van der Waals surface area contributed by atoms with E-state index in [1.165, 1.54) is 0 Å². The van der Waals surface area contributed by atoms with E-state index in [-0.39, 0.29) is 33.0 Å². The van der Waals surface area contributed by atoms with Crippen LogP contribution in [0.4, 0.5) is 0 Å². The van der Waals surface area contributed by atoms with Crippen LogP contribution in [0, 0.1) is 0 Å². The van der Waals surface area contributed by atoms with E-state index in [1.807, 2.05) is 6.07 Å². The Balaban J connectivity index is 2.14. The summed E-state index contributed by atoms with van der Waals surface area (Å²) in [6, 6.07) is 15.4. The van der Waals surface area contributed by atoms with Gasteiger partial charge < -0.3 is 5.32 Å². The number of rotatable bonds is 2. The molecule has 2 aromatic carbocycles. The molecule has 1 amide bonds. The first-order valence-corrected chi connectivity index (χ1v) is 9.48. The zero-order valence-electron chi connectivity index (χ0n) is 13.2. The van der Waals surface area contributed by atoms with E-state index < -0.39 is 15.7 Å². The first-order valence-electron chi connectivity index (χ1n) is 7.59. The number of amides is 1. The average Bonchev–Trinajstić information content (AvgIpc) is 2.93. The van der Waals surface area contributed by atoms with Crippen LogP contribution in [-0.4, -0.2) is 26.4 Å². The summed E-state index contributed by atoms with van der Waals surface area (Å²) in [4.78, 5) is 25.5. The van der Waals surface area contributed by atoms with E-state index in [9.17, 15) is 18.0 Å². The first kappa shape index (κ1) is 15.5. The molecule has 0 radical (unpaired) electrons. The fraction of sp³-hybridized carbons (Fsp3) is 0.0526. The third kappa shape index (κ3) is 2.26. The molecule has 0 aromatic heterocycles. The number of hydrogen-bond acceptors (Lipinski definition) is 4. The molecule has 0 saturated heterocycles. The van der Waals surface area contributed by atoms with Gasteiger partial charge in [-0.3, -0.25) is 9.59 Å². The lowest BCUT2D eigenvalue weighted by molar-refractivity contribution is -0.115. The van der Waals surface area contributed by atoms with Gasteiger partial charge in [-0.05, 0) is 5.56 Å². The molecule has 25 heavy (non-hydrogen) atoms. The molecule has 0 atom stereocenters. The van der Waals surface area contributed by atoms with Gasteiger partial charge in [-0.2, -0.15) is 0 Å². The molecule has 0 bridgehead atoms. The average molecular weight is 351 g/mol. The van der Waals surface area contributed by atoms with Crippen LogP contribution in [0.5, 0.6) is 0 Å². The zero-order chi connectivity index (χ0) is 17.8. The van der Waals surface area contributed by atoms with Crippen molar-refractivity contribution in [2.45, 2.75) is 0 Å². The molecule has 0 spiro atoms. The van der Waals surface area contributed by atoms with Gasteiger partial charge in [-0.15, -0.1) is 0 Å². The first-order chi connectivity index (χ1) is 11.9. The van der Waals surface area contributed by atoms with Crippen molar-refractivity contribution in [3.63, 3.8) is 0 Å². The summed E-state index contributed by atoms with van der Waals surface area (Å²) in [5.41, 5.74) is 1.62. The largest absolute Gasteiger partial charge is 0.321 e. The molecule has 2 aliphatic rings. The Morgan fingerprint density at radius 3 is 2.04 bits per heavy atom. The lowest BCUT2D eigenvalue weighted by Crippen LogP contribution is -2.22. The van der Waals surface area contributed by atoms with Crippen LogP contribution in [0.1, 0.15) is 21.5 Å². The Bertz CT molecular complexity index is 1110. The van der Waals surface area contributed by atoms with Crippen LogP contribution < -0.4 is 5.32 Å². The Morgan fingerprint density at radius 1 is 0.800 bits per heavy atom. The number of carbonyl (C=O) groups excluding carboxylic acids is 2. The van der Waals surface area contributed by atoms with Gasteiger partial charge in [0.05, 0.1) is 21.7 Å². The van der Waals surface area contributed by atoms with Gasteiger partial charge >= 0.3 is 0 Å². The minimum Gasteiger partial charge on any atom is -0.321 e. The van der Waals surface area contributed by atoms with E-state index in [4.69, 9.17) is 0 Å². The van der Waals surface area contributed by atoms with Crippen molar-refractivity contribution in [3.8, 4) is 0 Å². The van der Waals surface area contributed by atoms with Crippen LogP contribution in [-0.2, 0) is 14.6 Å². The van der Waals surface area contributed by atoms with E-state index in [1.54, 1.807) is 48.5 Å². The van der Waals surface area contributed by atoms with E-state index >= 15 is 0 Å². The number of fused-ring (bicyclic) bond motifs is 2. The van der Waals surface area contributed by atoms with E-state index in [0.717, 1.165) is 6.26 Å². The summed E-state index contributed by atoms with van der Waals surface area (Å²) in [6.45, 7) is 0. The maximum Gasteiger partial charge on any atom is 0.257 e. The zero-order valence-corrected chi connectivity index (χ0v) is 14.1. The molecule has 1 heterocycles. The van der Waals surface area contributed by atoms with Crippen LogP contribution in [0.3, 0.4) is 0 Å². The number of nitrogens with one attached hydrogen (secondary N) is 1. The predicted octanol–water partition coefficient (Wildman–Crippen LogP) is 2.18. The number of ketones is 1. The van der Waals surface area contributed by atoms with Crippen molar-refractivity contribution in [2.75, 3.05) is 6.26 Å². The standard InChI is InChI=1S/C19H13NO4S/c1-25(23,24)18-13-10-6-5-9-12(13)17(21)14-15(18)19(22)20-16(14)11-7-3-2-4-8-11/h2-10H,1H3,(H,20,22). The molecule has 1 N–H and O–H groups in total. The number of benzene rings is 2. The monoisotopic (exact) mass is 351 g/mol. The van der Waals surface area contributed by atoms with Gasteiger partial charge in [0.1, 0.15) is 0 Å². The minimum atomic E-state index is -3.72. The number of carbonyl (C=O) groups is 2. The van der Waals surface area contributed by atoms with Gasteiger partial charge in [0.15, 0.2) is 15.6 Å². The highest BCUT2D eigenvalue weighted by atomic mass is 32.2. The van der Waals surface area contributed by atoms with Crippen LogP contribution in [0.25, 0.3) is 10.6 Å². The van der Waals surface area contributed by atoms with Crippen molar-refractivity contribution in [1.29, 1.82) is 0 Å². The second-order valence-corrected chi connectivity index (χ2v) is 7.87. The van der Waals surface area contributed by atoms with Crippen LogP contribution >= 0.6 is 0 Å². The van der Waals surface area contributed by atoms with Gasteiger partial charge in [0.2, 0.25) is 0 Å². The summed E-state index contributed by atoms with van der Waals surface area (Å²) < 4.78 is 24.8. The second-order valence-electron chi connectivity index (χ2n) is 5.92. The molecule has 5 nitrogen and oxygen atoms in total. The summed E-state index contributed by atoms with van der Waals surface area (Å²) in [5, 5.41) is 2.68. The molecule has 0 fully saturated rings. The molecule has 124 valence electrons. The molecule has 0 unspecified atom stereocenters. The number of Topliss-reactive ketones (excluding diaryl/α,β-unsaturated/α-hetero) is 1. The Hall–Kier alpha value is -2.99. The number of hydrogen-bond donors (Lipinski definition) is 1. The Labute approximate surface area is 144 Å². The molecule has 1 aliphatic heterocycles. The Morgan fingerprint density at radius 2 is 1.40 bits per heavy atom. The van der Waals surface area contributed by atoms with Crippen LogP contribution in [0.15, 0.2) is 65.7 Å². The topological polar surface area (TPSA) is 80.3 Å². The molecule has 6 heteroatoms. The van der Waals surface area contributed by atoms with Crippen molar-refractivity contribution < 1.29 is 18.0 Å². The molecular formula is C19H13NO4S. The summed E-state index contributed by atoms with van der Waals surface area (Å²) in [7, 11) is -3.72. The van der Waals surface area contributed by atoms with E-state index in [0.29, 0.717) is 11.3 Å². The minimum absolute atomic E-state index is 0.0648. The molecule has 1 aliphatic carbocycles. The quantitative estimate of drug-likeness (QED) is 0.899. The summed E-state index contributed by atoms with van der Waals surface area (Å²) in [6.07, 6.45) is 1.05. The smallest absolute Gasteiger partial charge is 0.257 e. The van der Waals surface area contributed by atoms with Crippen molar-refractivity contribution in [3.05, 3.63) is 82.4 Å². The highest BCUT2D eigenvalue weighted by Crippen LogP contribution is 2.42. The fourth-order valence-electron chi connectivity index (χ4n) is 3.28. The number of sulfone groups is 1. The van der Waals surface area contributed by atoms with Gasteiger partial charge in [0.25, 0.3) is 5.91 Å². The lowest BCUT2D eigenvalue weighted by Gasteiger charge is -2.19. The second kappa shape index (κ2) is 5.26. The van der Waals surface area contributed by atoms with Crippen molar-refractivity contribution >= 4 is 32.1 Å². The van der Waals surface area contributed by atoms with Gasteiger partial charge in [-0.1, -0.05) is 54.6 Å². The van der Waals surface area contributed by atoms with Gasteiger partial charge in [-0.25, -0.2) is 8.42 Å². The third-order valence-electron chi connectivity index (χ3n) is 4.27. The van der Waals surface area contributed by atoms with Crippen molar-refractivity contribution in [1.82, 2.24) is 5.32 Å². The SMILES string of the molecule is CS(=O)(=O)C1=C2C(=O)NC(c3ccccc3)=C2C(=O)c2ccccc21.